The molecule has 0 aliphatic rings. The summed E-state index contributed by atoms with van der Waals surface area (Å²) in [4.78, 5) is 10.4. The Kier molecular flexibility index (Phi) is 3.09. The lowest BCUT2D eigenvalue weighted by Gasteiger charge is -2.13. The number of aliphatic carboxylic acids is 1. The number of alkyl halides is 3. The first kappa shape index (κ1) is 12.3. The monoisotopic (exact) mass is 236 g/mol. The van der Waals surface area contributed by atoms with Crippen molar-refractivity contribution in [2.45, 2.75) is 12.3 Å². The molecule has 0 radical (unpaired) electrons. The fourth-order valence-electron chi connectivity index (χ4n) is 1.14. The number of phenols is 1. The molecule has 0 aromatic heterocycles. The van der Waals surface area contributed by atoms with Gasteiger partial charge in [-0.3, -0.25) is 0 Å². The van der Waals surface area contributed by atoms with Gasteiger partial charge in [0, 0.05) is 5.56 Å². The average molecular weight is 236 g/mol. The molecule has 0 saturated carbocycles. The first-order valence-electron chi connectivity index (χ1n) is 4.05. The normalized spacial score (nSPS) is 13.5. The molecule has 0 amide bonds. The second-order valence-electron chi connectivity index (χ2n) is 2.98. The van der Waals surface area contributed by atoms with Crippen molar-refractivity contribution in [2.24, 2.45) is 0 Å². The Hall–Kier alpha value is -1.76. The van der Waals surface area contributed by atoms with E-state index in [9.17, 15) is 23.1 Å². The summed E-state index contributed by atoms with van der Waals surface area (Å²) in [6, 6.07) is 2.40. The molecule has 0 bridgehead atoms. The standard InChI is InChI=1S/C9H7F3O4/c10-9(11,12)5-3-1-2-4(6(5)13)7(14)8(15)16/h1-3,7,13-14H,(H,15,16). The van der Waals surface area contributed by atoms with E-state index in [1.807, 2.05) is 0 Å². The predicted molar refractivity (Wildman–Crippen MR) is 45.7 cm³/mol. The molecule has 16 heavy (non-hydrogen) atoms. The number of phenolic OH excluding ortho intramolecular Hbond substituents is 1. The topological polar surface area (TPSA) is 77.8 Å². The smallest absolute Gasteiger partial charge is 0.419 e. The third kappa shape index (κ3) is 2.25. The van der Waals surface area contributed by atoms with Gasteiger partial charge >= 0.3 is 12.1 Å². The highest BCUT2D eigenvalue weighted by Gasteiger charge is 2.36. The third-order valence-electron chi connectivity index (χ3n) is 1.90. The number of para-hydroxylation sites is 1. The highest BCUT2D eigenvalue weighted by Crippen LogP contribution is 2.39. The minimum Gasteiger partial charge on any atom is -0.507 e. The molecular weight excluding hydrogens is 229 g/mol. The third-order valence-corrected chi connectivity index (χ3v) is 1.90. The van der Waals surface area contributed by atoms with Gasteiger partial charge in [-0.15, -0.1) is 0 Å². The molecule has 7 heteroatoms. The number of carboxylic acids is 1. The number of hydrogen-bond acceptors (Lipinski definition) is 3. The van der Waals surface area contributed by atoms with Crippen LogP contribution in [-0.2, 0) is 11.0 Å². The molecule has 0 spiro atoms. The molecule has 1 rings (SSSR count). The highest BCUT2D eigenvalue weighted by molar-refractivity contribution is 5.75. The lowest BCUT2D eigenvalue weighted by atomic mass is 10.0. The Labute approximate surface area is 87.6 Å². The molecule has 0 fully saturated rings. The summed E-state index contributed by atoms with van der Waals surface area (Å²) in [6.45, 7) is 0. The van der Waals surface area contributed by atoms with Crippen molar-refractivity contribution in [2.75, 3.05) is 0 Å². The molecular formula is C9H7F3O4. The number of rotatable bonds is 2. The molecule has 4 nitrogen and oxygen atoms in total. The largest absolute Gasteiger partial charge is 0.507 e. The van der Waals surface area contributed by atoms with Crippen molar-refractivity contribution in [1.29, 1.82) is 0 Å². The molecule has 3 N–H and O–H groups in total. The number of aromatic hydroxyl groups is 1. The molecule has 1 atom stereocenters. The highest BCUT2D eigenvalue weighted by atomic mass is 19.4. The van der Waals surface area contributed by atoms with Gasteiger partial charge in [0.25, 0.3) is 0 Å². The van der Waals surface area contributed by atoms with E-state index < -0.39 is 35.1 Å². The Bertz CT molecular complexity index is 414. The number of aliphatic hydroxyl groups is 1. The zero-order chi connectivity index (χ0) is 12.5. The van der Waals surface area contributed by atoms with Crippen LogP contribution < -0.4 is 0 Å². The van der Waals surface area contributed by atoms with Crippen LogP contribution in [0.25, 0.3) is 0 Å². The maximum Gasteiger partial charge on any atom is 0.419 e. The van der Waals surface area contributed by atoms with E-state index in [-0.39, 0.29) is 0 Å². The van der Waals surface area contributed by atoms with Gasteiger partial charge in [-0.2, -0.15) is 13.2 Å². The summed E-state index contributed by atoms with van der Waals surface area (Å²) in [5.41, 5.74) is -2.08. The van der Waals surface area contributed by atoms with Gasteiger partial charge in [0.05, 0.1) is 5.56 Å². The quantitative estimate of drug-likeness (QED) is 0.727. The van der Waals surface area contributed by atoms with E-state index in [1.54, 1.807) is 0 Å². The number of carbonyl (C=O) groups is 1. The van der Waals surface area contributed by atoms with Crippen molar-refractivity contribution in [3.05, 3.63) is 29.3 Å². The van der Waals surface area contributed by atoms with Crippen molar-refractivity contribution in [3.8, 4) is 5.75 Å². The summed E-state index contributed by atoms with van der Waals surface area (Å²) >= 11 is 0. The van der Waals surface area contributed by atoms with Crippen LogP contribution in [0.4, 0.5) is 13.2 Å². The number of carboxylic acid groups (broad SMARTS) is 1. The van der Waals surface area contributed by atoms with Gasteiger partial charge in [0.15, 0.2) is 6.10 Å². The first-order valence-corrected chi connectivity index (χ1v) is 4.05. The first-order chi connectivity index (χ1) is 7.25. The van der Waals surface area contributed by atoms with E-state index in [1.165, 1.54) is 0 Å². The number of aliphatic hydroxyl groups excluding tert-OH is 1. The zero-order valence-corrected chi connectivity index (χ0v) is 7.69. The number of benzene rings is 1. The Morgan fingerprint density at radius 3 is 2.31 bits per heavy atom. The van der Waals surface area contributed by atoms with Gasteiger partial charge < -0.3 is 15.3 Å². The average Bonchev–Trinajstić information content (AvgIpc) is 2.15. The number of halogens is 3. The Morgan fingerprint density at radius 2 is 1.88 bits per heavy atom. The molecule has 1 unspecified atom stereocenters. The summed E-state index contributed by atoms with van der Waals surface area (Å²) < 4.78 is 36.9. The van der Waals surface area contributed by atoms with Crippen molar-refractivity contribution in [3.63, 3.8) is 0 Å². The minimum absolute atomic E-state index is 0.591. The summed E-state index contributed by atoms with van der Waals surface area (Å²) in [5.74, 6) is -3.01. The van der Waals surface area contributed by atoms with E-state index in [4.69, 9.17) is 10.2 Å². The van der Waals surface area contributed by atoms with E-state index >= 15 is 0 Å². The second-order valence-corrected chi connectivity index (χ2v) is 2.98. The van der Waals surface area contributed by atoms with E-state index in [0.717, 1.165) is 12.1 Å². The van der Waals surface area contributed by atoms with Crippen molar-refractivity contribution >= 4 is 5.97 Å². The SMILES string of the molecule is O=C(O)C(O)c1cccc(C(F)(F)F)c1O. The summed E-state index contributed by atoms with van der Waals surface area (Å²) in [7, 11) is 0. The summed E-state index contributed by atoms with van der Waals surface area (Å²) in [5, 5.41) is 26.7. The zero-order valence-electron chi connectivity index (χ0n) is 7.69. The fourth-order valence-corrected chi connectivity index (χ4v) is 1.14. The predicted octanol–water partition coefficient (Wildman–Crippen LogP) is 1.53. The molecule has 1 aromatic rings. The van der Waals surface area contributed by atoms with Gasteiger partial charge in [-0.25, -0.2) is 4.79 Å². The molecule has 0 saturated heterocycles. The maximum absolute atomic E-state index is 12.3. The lowest BCUT2D eigenvalue weighted by molar-refractivity contribution is -0.147. The fraction of sp³-hybridized carbons (Fsp3) is 0.222. The minimum atomic E-state index is -4.81. The molecule has 1 aromatic carbocycles. The molecule has 0 aliphatic carbocycles. The van der Waals surface area contributed by atoms with Gasteiger partial charge in [-0.1, -0.05) is 12.1 Å². The van der Waals surface area contributed by atoms with Crippen LogP contribution in [0.1, 0.15) is 17.2 Å². The van der Waals surface area contributed by atoms with Crippen LogP contribution in [0.3, 0.4) is 0 Å². The van der Waals surface area contributed by atoms with Gasteiger partial charge in [-0.05, 0) is 6.07 Å². The van der Waals surface area contributed by atoms with Gasteiger partial charge in [0.1, 0.15) is 5.75 Å². The molecule has 88 valence electrons. The van der Waals surface area contributed by atoms with Crippen LogP contribution in [0.15, 0.2) is 18.2 Å². The van der Waals surface area contributed by atoms with Crippen LogP contribution in [0.5, 0.6) is 5.75 Å². The Balaban J connectivity index is 3.30. The lowest BCUT2D eigenvalue weighted by Crippen LogP contribution is -2.13. The maximum atomic E-state index is 12.3. The Morgan fingerprint density at radius 1 is 1.31 bits per heavy atom. The summed E-state index contributed by atoms with van der Waals surface area (Å²) in [6.07, 6.45) is -7.00. The van der Waals surface area contributed by atoms with Crippen LogP contribution in [0, 0.1) is 0 Å². The number of hydrogen-bond donors (Lipinski definition) is 3. The van der Waals surface area contributed by atoms with Crippen LogP contribution >= 0.6 is 0 Å². The van der Waals surface area contributed by atoms with Crippen molar-refractivity contribution in [1.82, 2.24) is 0 Å². The van der Waals surface area contributed by atoms with Crippen molar-refractivity contribution < 1.29 is 33.3 Å². The van der Waals surface area contributed by atoms with Gasteiger partial charge in [0.2, 0.25) is 0 Å². The molecule has 0 aliphatic heterocycles. The van der Waals surface area contributed by atoms with E-state index in [2.05, 4.69) is 0 Å². The molecule has 0 heterocycles. The second kappa shape index (κ2) is 4.01. The van der Waals surface area contributed by atoms with E-state index in [0.29, 0.717) is 6.07 Å². The van der Waals surface area contributed by atoms with Crippen LogP contribution in [-0.4, -0.2) is 21.3 Å². The van der Waals surface area contributed by atoms with Crippen LogP contribution in [0.2, 0.25) is 0 Å².